The van der Waals surface area contributed by atoms with Crippen LogP contribution in [0.4, 0.5) is 10.5 Å². The van der Waals surface area contributed by atoms with E-state index in [-0.39, 0.29) is 6.54 Å². The number of aliphatic carboxylic acids is 1. The van der Waals surface area contributed by atoms with Gasteiger partial charge in [-0.2, -0.15) is 0 Å². The van der Waals surface area contributed by atoms with Gasteiger partial charge in [0.15, 0.2) is 0 Å². The fraction of sp³-hybridized carbons (Fsp3) is 0.385. The number of carbonyl (C=O) groups is 2. The van der Waals surface area contributed by atoms with Gasteiger partial charge in [0.05, 0.1) is 24.2 Å². The number of carboxylic acid groups (broad SMARTS) is 1. The first-order valence-electron chi connectivity index (χ1n) is 6.06. The zero-order valence-corrected chi connectivity index (χ0v) is 12.4. The van der Waals surface area contributed by atoms with E-state index in [0.717, 1.165) is 0 Å². The molecule has 8 heteroatoms. The molecule has 1 atom stereocenters. The first-order chi connectivity index (χ1) is 9.73. The van der Waals surface area contributed by atoms with Gasteiger partial charge in [-0.1, -0.05) is 11.6 Å². The monoisotopic (exact) mass is 316 g/mol. The van der Waals surface area contributed by atoms with Crippen LogP contribution in [0.3, 0.4) is 0 Å². The Morgan fingerprint density at radius 2 is 2.10 bits per heavy atom. The van der Waals surface area contributed by atoms with Crippen LogP contribution < -0.4 is 15.4 Å². The van der Waals surface area contributed by atoms with Gasteiger partial charge in [0.1, 0.15) is 5.75 Å². The second kappa shape index (κ2) is 7.14. The second-order valence-electron chi connectivity index (χ2n) is 4.72. The number of ether oxygens (including phenoxy) is 1. The van der Waals surface area contributed by atoms with E-state index in [9.17, 15) is 14.7 Å². The molecular formula is C13H17ClN2O5. The molecule has 0 saturated carbocycles. The van der Waals surface area contributed by atoms with Crippen molar-refractivity contribution in [2.75, 3.05) is 19.0 Å². The Balaban J connectivity index is 2.56. The molecule has 21 heavy (non-hydrogen) atoms. The average Bonchev–Trinajstić information content (AvgIpc) is 2.37. The second-order valence-corrected chi connectivity index (χ2v) is 5.13. The van der Waals surface area contributed by atoms with Crippen molar-refractivity contribution in [2.24, 2.45) is 0 Å². The first kappa shape index (κ1) is 17.1. The summed E-state index contributed by atoms with van der Waals surface area (Å²) in [6.07, 6.45) is -0.470. The van der Waals surface area contributed by atoms with Crippen LogP contribution >= 0.6 is 11.6 Å². The number of amides is 2. The molecule has 0 aliphatic rings. The zero-order valence-electron chi connectivity index (χ0n) is 11.6. The Kier molecular flexibility index (Phi) is 5.80. The summed E-state index contributed by atoms with van der Waals surface area (Å²) in [7, 11) is 1.45. The summed E-state index contributed by atoms with van der Waals surface area (Å²) in [5.74, 6) is -0.739. The van der Waals surface area contributed by atoms with E-state index in [1.807, 2.05) is 0 Å². The van der Waals surface area contributed by atoms with Crippen molar-refractivity contribution in [3.8, 4) is 5.75 Å². The minimum Gasteiger partial charge on any atom is -0.495 e. The summed E-state index contributed by atoms with van der Waals surface area (Å²) >= 11 is 5.86. The number of benzene rings is 1. The first-order valence-corrected chi connectivity index (χ1v) is 6.44. The molecule has 0 aliphatic carbocycles. The van der Waals surface area contributed by atoms with Crippen LogP contribution in [0.5, 0.6) is 5.75 Å². The number of hydrogen-bond donors (Lipinski definition) is 4. The van der Waals surface area contributed by atoms with Crippen molar-refractivity contribution in [1.82, 2.24) is 5.32 Å². The third kappa shape index (κ3) is 5.88. The van der Waals surface area contributed by atoms with Gasteiger partial charge in [-0.3, -0.25) is 4.79 Å². The number of urea groups is 1. The standard InChI is InChI=1S/C13H17ClN2O5/c1-13(20,6-11(17)18)7-15-12(19)16-8-3-4-9(14)10(5-8)21-2/h3-5,20H,6-7H2,1-2H3,(H,17,18)(H2,15,16,19). The van der Waals surface area contributed by atoms with E-state index >= 15 is 0 Å². The molecule has 1 aromatic rings. The SMILES string of the molecule is COc1cc(NC(=O)NCC(C)(O)CC(=O)O)ccc1Cl. The minimum atomic E-state index is -1.53. The van der Waals surface area contributed by atoms with Crippen LogP contribution in [0.2, 0.25) is 5.02 Å². The van der Waals surface area contributed by atoms with E-state index in [2.05, 4.69) is 10.6 Å². The van der Waals surface area contributed by atoms with Crippen LogP contribution in [0, 0.1) is 0 Å². The molecule has 2 amide bonds. The lowest BCUT2D eigenvalue weighted by atomic mass is 10.0. The Labute approximate surface area is 126 Å². The number of halogens is 1. The number of aliphatic hydroxyl groups is 1. The molecule has 0 aliphatic heterocycles. The van der Waals surface area contributed by atoms with E-state index < -0.39 is 24.0 Å². The molecule has 4 N–H and O–H groups in total. The highest BCUT2D eigenvalue weighted by molar-refractivity contribution is 6.32. The quantitative estimate of drug-likeness (QED) is 0.639. The maximum atomic E-state index is 11.7. The van der Waals surface area contributed by atoms with Crippen LogP contribution in [-0.2, 0) is 4.79 Å². The highest BCUT2D eigenvalue weighted by atomic mass is 35.5. The van der Waals surface area contributed by atoms with Gasteiger partial charge in [0.2, 0.25) is 0 Å². The van der Waals surface area contributed by atoms with Gasteiger partial charge in [-0.15, -0.1) is 0 Å². The molecule has 1 rings (SSSR count). The molecule has 0 radical (unpaired) electrons. The van der Waals surface area contributed by atoms with Crippen molar-refractivity contribution < 1.29 is 24.5 Å². The average molecular weight is 317 g/mol. The maximum absolute atomic E-state index is 11.7. The largest absolute Gasteiger partial charge is 0.495 e. The number of nitrogens with one attached hydrogen (secondary N) is 2. The van der Waals surface area contributed by atoms with Gasteiger partial charge in [-0.05, 0) is 19.1 Å². The third-order valence-corrected chi connectivity index (χ3v) is 2.88. The molecule has 0 saturated heterocycles. The maximum Gasteiger partial charge on any atom is 0.319 e. The minimum absolute atomic E-state index is 0.199. The summed E-state index contributed by atoms with van der Waals surface area (Å²) in [5, 5.41) is 23.7. The summed E-state index contributed by atoms with van der Waals surface area (Å²) < 4.78 is 5.02. The molecule has 0 bridgehead atoms. The lowest BCUT2D eigenvalue weighted by molar-refractivity contribution is -0.141. The lowest BCUT2D eigenvalue weighted by Gasteiger charge is -2.21. The Morgan fingerprint density at radius 3 is 2.67 bits per heavy atom. The highest BCUT2D eigenvalue weighted by Gasteiger charge is 2.24. The van der Waals surface area contributed by atoms with E-state index in [1.165, 1.54) is 20.1 Å². The molecule has 1 aromatic carbocycles. The number of hydrogen-bond acceptors (Lipinski definition) is 4. The van der Waals surface area contributed by atoms with Crippen molar-refractivity contribution in [1.29, 1.82) is 0 Å². The lowest BCUT2D eigenvalue weighted by Crippen LogP contribution is -2.43. The van der Waals surface area contributed by atoms with Crippen LogP contribution in [-0.4, -0.2) is 41.5 Å². The molecule has 1 unspecified atom stereocenters. The predicted octanol–water partition coefficient (Wildman–Crippen LogP) is 1.70. The Morgan fingerprint density at radius 1 is 1.43 bits per heavy atom. The Bertz CT molecular complexity index is 533. The molecule has 0 aromatic heterocycles. The van der Waals surface area contributed by atoms with Gasteiger partial charge in [-0.25, -0.2) is 4.79 Å². The topological polar surface area (TPSA) is 108 Å². The van der Waals surface area contributed by atoms with E-state index in [1.54, 1.807) is 12.1 Å². The number of carbonyl (C=O) groups excluding carboxylic acids is 1. The van der Waals surface area contributed by atoms with Crippen molar-refractivity contribution in [3.05, 3.63) is 23.2 Å². The van der Waals surface area contributed by atoms with Gasteiger partial charge < -0.3 is 25.6 Å². The molecule has 116 valence electrons. The molecule has 7 nitrogen and oxygen atoms in total. The number of methoxy groups -OCH3 is 1. The fourth-order valence-electron chi connectivity index (χ4n) is 1.57. The molecule has 0 heterocycles. The molecular weight excluding hydrogens is 300 g/mol. The third-order valence-electron chi connectivity index (χ3n) is 2.57. The predicted molar refractivity (Wildman–Crippen MR) is 77.9 cm³/mol. The smallest absolute Gasteiger partial charge is 0.319 e. The van der Waals surface area contributed by atoms with Gasteiger partial charge in [0, 0.05) is 18.3 Å². The summed E-state index contributed by atoms with van der Waals surface area (Å²) in [4.78, 5) is 22.2. The number of carboxylic acids is 1. The fourth-order valence-corrected chi connectivity index (χ4v) is 1.77. The molecule has 0 spiro atoms. The normalized spacial score (nSPS) is 13.1. The number of rotatable bonds is 6. The van der Waals surface area contributed by atoms with Crippen molar-refractivity contribution in [3.63, 3.8) is 0 Å². The van der Waals surface area contributed by atoms with Crippen LogP contribution in [0.1, 0.15) is 13.3 Å². The van der Waals surface area contributed by atoms with Crippen LogP contribution in [0.25, 0.3) is 0 Å². The van der Waals surface area contributed by atoms with E-state index in [4.69, 9.17) is 21.4 Å². The summed E-state index contributed by atoms with van der Waals surface area (Å²) in [5.41, 5.74) is -1.08. The Hall–Kier alpha value is -1.99. The summed E-state index contributed by atoms with van der Waals surface area (Å²) in [6.45, 7) is 1.13. The molecule has 0 fully saturated rings. The van der Waals surface area contributed by atoms with E-state index in [0.29, 0.717) is 16.5 Å². The van der Waals surface area contributed by atoms with Crippen LogP contribution in [0.15, 0.2) is 18.2 Å². The van der Waals surface area contributed by atoms with Gasteiger partial charge >= 0.3 is 12.0 Å². The summed E-state index contributed by atoms with van der Waals surface area (Å²) in [6, 6.07) is 4.11. The van der Waals surface area contributed by atoms with Crippen molar-refractivity contribution >= 4 is 29.3 Å². The highest BCUT2D eigenvalue weighted by Crippen LogP contribution is 2.27. The zero-order chi connectivity index (χ0) is 16.0. The van der Waals surface area contributed by atoms with Gasteiger partial charge in [0.25, 0.3) is 0 Å². The number of anilines is 1. The van der Waals surface area contributed by atoms with Crippen molar-refractivity contribution in [2.45, 2.75) is 18.9 Å².